The van der Waals surface area contributed by atoms with Crippen molar-refractivity contribution in [1.29, 1.82) is 0 Å². The van der Waals surface area contributed by atoms with Gasteiger partial charge in [0.15, 0.2) is 16.6 Å². The van der Waals surface area contributed by atoms with Gasteiger partial charge in [0.1, 0.15) is 10.7 Å². The predicted octanol–water partition coefficient (Wildman–Crippen LogP) is 5.52. The molecule has 0 saturated carbocycles. The van der Waals surface area contributed by atoms with E-state index in [1.807, 2.05) is 4.40 Å². The zero-order valence-electron chi connectivity index (χ0n) is 19.7. The zero-order chi connectivity index (χ0) is 24.0. The van der Waals surface area contributed by atoms with Gasteiger partial charge in [0.05, 0.1) is 11.1 Å². The number of hydrogen-bond acceptors (Lipinski definition) is 7. The van der Waals surface area contributed by atoms with Crippen LogP contribution >= 0.6 is 23.1 Å². The summed E-state index contributed by atoms with van der Waals surface area (Å²) in [6.45, 7) is 8.07. The number of aromatic nitrogens is 4. The topological polar surface area (TPSA) is 89.2 Å². The molecule has 34 heavy (non-hydrogen) atoms. The van der Waals surface area contributed by atoms with Crippen LogP contribution in [0.1, 0.15) is 66.7 Å². The first-order chi connectivity index (χ1) is 16.3. The first-order valence-corrected chi connectivity index (χ1v) is 13.3. The van der Waals surface area contributed by atoms with E-state index in [4.69, 9.17) is 4.98 Å². The molecule has 1 atom stereocenters. The minimum atomic E-state index is -0.139. The van der Waals surface area contributed by atoms with Crippen LogP contribution < -0.4 is 5.32 Å². The van der Waals surface area contributed by atoms with Crippen molar-refractivity contribution in [3.05, 3.63) is 46.1 Å². The number of aryl methyl sites for hydroxylation is 1. The van der Waals surface area contributed by atoms with Crippen molar-refractivity contribution in [1.82, 2.24) is 19.6 Å². The average molecular weight is 494 g/mol. The van der Waals surface area contributed by atoms with E-state index in [1.54, 1.807) is 35.6 Å². The first-order valence-electron chi connectivity index (χ1n) is 11.5. The Morgan fingerprint density at radius 2 is 2.00 bits per heavy atom. The van der Waals surface area contributed by atoms with E-state index in [-0.39, 0.29) is 23.4 Å². The third-order valence-electron chi connectivity index (χ3n) is 6.22. The minimum absolute atomic E-state index is 0.00260. The molecule has 0 saturated heterocycles. The van der Waals surface area contributed by atoms with Crippen LogP contribution in [-0.4, -0.2) is 37.0 Å². The molecule has 3 aromatic heterocycles. The normalized spacial score (nSPS) is 15.7. The molecule has 7 nitrogen and oxygen atoms in total. The molecule has 0 radical (unpaired) electrons. The van der Waals surface area contributed by atoms with Crippen LogP contribution in [0.15, 0.2) is 29.4 Å². The van der Waals surface area contributed by atoms with E-state index in [9.17, 15) is 9.59 Å². The molecule has 9 heteroatoms. The molecule has 0 spiro atoms. The summed E-state index contributed by atoms with van der Waals surface area (Å²) >= 11 is 3.16. The van der Waals surface area contributed by atoms with E-state index in [0.29, 0.717) is 22.3 Å². The maximum atomic E-state index is 12.6. The number of nitrogens with one attached hydrogen (secondary N) is 1. The Balaban J connectivity index is 1.43. The largest absolute Gasteiger partial charge is 0.325 e. The summed E-state index contributed by atoms with van der Waals surface area (Å²) in [5.74, 6) is 1.86. The van der Waals surface area contributed by atoms with E-state index in [0.717, 1.165) is 34.5 Å². The number of thioether (sulfide) groups is 1. The SMILES string of the molecule is CC(=O)c1ccc(NC(=O)CSc2nnc3c4c5c(sc4nc(C(C)C)n23)C[C@@H](C)CC5)cc1. The number of rotatable bonds is 6. The standard InChI is InChI=1S/C25H27N5O2S2/c1-13(2)22-27-24-21(18-10-5-14(3)11-19(18)34-24)23-28-29-25(30(22)23)33-12-20(32)26-17-8-6-16(7-9-17)15(4)31/h6-9,13-14H,5,10-12H2,1-4H3,(H,26,32)/t14-/m0/s1. The second kappa shape index (κ2) is 9.11. The van der Waals surface area contributed by atoms with Gasteiger partial charge >= 0.3 is 0 Å². The summed E-state index contributed by atoms with van der Waals surface area (Å²) in [7, 11) is 0. The second-order valence-corrected chi connectivity index (χ2v) is 11.3. The van der Waals surface area contributed by atoms with Gasteiger partial charge in [-0.15, -0.1) is 21.5 Å². The number of carbonyl (C=O) groups excluding carboxylic acids is 2. The Bertz CT molecular complexity index is 1400. The molecular weight excluding hydrogens is 466 g/mol. The van der Waals surface area contributed by atoms with Crippen LogP contribution in [0, 0.1) is 5.92 Å². The van der Waals surface area contributed by atoms with Gasteiger partial charge in [0.25, 0.3) is 0 Å². The lowest BCUT2D eigenvalue weighted by atomic mass is 9.89. The molecule has 0 fully saturated rings. The number of hydrogen-bond donors (Lipinski definition) is 1. The van der Waals surface area contributed by atoms with Crippen molar-refractivity contribution in [2.45, 2.75) is 58.0 Å². The van der Waals surface area contributed by atoms with Gasteiger partial charge in [-0.05, 0) is 61.9 Å². The number of ketones is 1. The number of Topliss-reactive ketones (excluding diaryl/α,β-unsaturated/α-hetero) is 1. The highest BCUT2D eigenvalue weighted by Gasteiger charge is 2.26. The fourth-order valence-electron chi connectivity index (χ4n) is 4.43. The third kappa shape index (κ3) is 4.22. The lowest BCUT2D eigenvalue weighted by Crippen LogP contribution is -2.14. The van der Waals surface area contributed by atoms with Crippen LogP contribution in [-0.2, 0) is 17.6 Å². The summed E-state index contributed by atoms with van der Waals surface area (Å²) in [5, 5.41) is 13.7. The molecule has 0 aliphatic heterocycles. The van der Waals surface area contributed by atoms with Crippen LogP contribution in [0.4, 0.5) is 5.69 Å². The van der Waals surface area contributed by atoms with Gasteiger partial charge < -0.3 is 5.32 Å². The van der Waals surface area contributed by atoms with Crippen LogP contribution in [0.2, 0.25) is 0 Å². The molecule has 0 unspecified atom stereocenters. The lowest BCUT2D eigenvalue weighted by Gasteiger charge is -2.17. The Morgan fingerprint density at radius 3 is 2.71 bits per heavy atom. The Labute approximate surface area is 206 Å². The zero-order valence-corrected chi connectivity index (χ0v) is 21.3. The van der Waals surface area contributed by atoms with E-state index >= 15 is 0 Å². The molecule has 1 amide bonds. The van der Waals surface area contributed by atoms with Crippen molar-refractivity contribution in [3.8, 4) is 0 Å². The fourth-order valence-corrected chi connectivity index (χ4v) is 6.56. The van der Waals surface area contributed by atoms with E-state index in [2.05, 4.69) is 36.3 Å². The van der Waals surface area contributed by atoms with Crippen molar-refractivity contribution in [3.63, 3.8) is 0 Å². The minimum Gasteiger partial charge on any atom is -0.325 e. The molecule has 1 aliphatic carbocycles. The Hall–Kier alpha value is -2.78. The molecule has 4 aromatic rings. The number of amides is 1. The quantitative estimate of drug-likeness (QED) is 0.281. The van der Waals surface area contributed by atoms with Crippen LogP contribution in [0.5, 0.6) is 0 Å². The molecule has 3 heterocycles. The van der Waals surface area contributed by atoms with Gasteiger partial charge in [-0.25, -0.2) is 4.98 Å². The van der Waals surface area contributed by atoms with Gasteiger partial charge in [-0.3, -0.25) is 14.0 Å². The fraction of sp³-hybridized carbons (Fsp3) is 0.400. The second-order valence-electron chi connectivity index (χ2n) is 9.27. The van der Waals surface area contributed by atoms with E-state index in [1.165, 1.54) is 35.5 Å². The molecule has 176 valence electrons. The molecule has 1 aromatic carbocycles. The van der Waals surface area contributed by atoms with Crippen LogP contribution in [0.3, 0.4) is 0 Å². The maximum absolute atomic E-state index is 12.6. The van der Waals surface area contributed by atoms with Gasteiger partial charge in [-0.2, -0.15) is 0 Å². The number of thiophene rings is 1. The summed E-state index contributed by atoms with van der Waals surface area (Å²) in [6.07, 6.45) is 3.33. The van der Waals surface area contributed by atoms with Crippen LogP contribution in [0.25, 0.3) is 15.9 Å². The van der Waals surface area contributed by atoms with Crippen molar-refractivity contribution in [2.24, 2.45) is 5.92 Å². The predicted molar refractivity (Wildman–Crippen MR) is 137 cm³/mol. The molecule has 5 rings (SSSR count). The number of anilines is 1. The van der Waals surface area contributed by atoms with Gasteiger partial charge in [-0.1, -0.05) is 32.5 Å². The summed E-state index contributed by atoms with van der Waals surface area (Å²) < 4.78 is 2.04. The third-order valence-corrected chi connectivity index (χ3v) is 8.30. The highest BCUT2D eigenvalue weighted by molar-refractivity contribution is 7.99. The summed E-state index contributed by atoms with van der Waals surface area (Å²) in [6, 6.07) is 6.91. The molecule has 0 bridgehead atoms. The number of benzene rings is 1. The van der Waals surface area contributed by atoms with Crippen molar-refractivity contribution >= 4 is 56.3 Å². The summed E-state index contributed by atoms with van der Waals surface area (Å²) in [5.41, 5.74) is 3.50. The lowest BCUT2D eigenvalue weighted by molar-refractivity contribution is -0.113. The number of nitrogens with zero attached hydrogens (tertiary/aromatic N) is 4. The smallest absolute Gasteiger partial charge is 0.234 e. The molecule has 1 aliphatic rings. The number of carbonyl (C=O) groups is 2. The maximum Gasteiger partial charge on any atom is 0.234 e. The Morgan fingerprint density at radius 1 is 1.24 bits per heavy atom. The highest BCUT2D eigenvalue weighted by Crippen LogP contribution is 2.40. The van der Waals surface area contributed by atoms with Gasteiger partial charge in [0, 0.05) is 22.0 Å². The molecular formula is C25H27N5O2S2. The monoisotopic (exact) mass is 493 g/mol. The van der Waals surface area contributed by atoms with Crippen molar-refractivity contribution < 1.29 is 9.59 Å². The first kappa shape index (κ1) is 23.0. The van der Waals surface area contributed by atoms with Gasteiger partial charge in [0.2, 0.25) is 5.91 Å². The van der Waals surface area contributed by atoms with Crippen molar-refractivity contribution in [2.75, 3.05) is 11.1 Å². The summed E-state index contributed by atoms with van der Waals surface area (Å²) in [4.78, 5) is 31.6. The number of fused-ring (bicyclic) bond motifs is 5. The molecule has 1 N–H and O–H groups in total. The highest BCUT2D eigenvalue weighted by atomic mass is 32.2. The average Bonchev–Trinajstić information content (AvgIpc) is 3.37. The van der Waals surface area contributed by atoms with E-state index < -0.39 is 0 Å². The Kier molecular flexibility index (Phi) is 6.16.